The lowest BCUT2D eigenvalue weighted by molar-refractivity contribution is -0.117. The lowest BCUT2D eigenvalue weighted by Gasteiger charge is -2.28. The van der Waals surface area contributed by atoms with Gasteiger partial charge in [0.2, 0.25) is 0 Å². The van der Waals surface area contributed by atoms with Crippen molar-refractivity contribution in [1.82, 2.24) is 10.3 Å². The summed E-state index contributed by atoms with van der Waals surface area (Å²) in [6.45, 7) is 4.60. The molecule has 1 aromatic heterocycles. The van der Waals surface area contributed by atoms with Crippen molar-refractivity contribution < 1.29 is 9.90 Å². The van der Waals surface area contributed by atoms with E-state index >= 15 is 0 Å². The number of benzene rings is 1. The van der Waals surface area contributed by atoms with Gasteiger partial charge in [0.1, 0.15) is 11.4 Å². The molecule has 0 saturated carbocycles. The van der Waals surface area contributed by atoms with Crippen LogP contribution in [0.15, 0.2) is 54.7 Å². The molecule has 2 atom stereocenters. The van der Waals surface area contributed by atoms with Crippen LogP contribution in [0.4, 0.5) is 0 Å². The summed E-state index contributed by atoms with van der Waals surface area (Å²) in [4.78, 5) is 15.4. The van der Waals surface area contributed by atoms with E-state index in [1.54, 1.807) is 13.1 Å². The molecule has 1 heterocycles. The second kappa shape index (κ2) is 10.2. The van der Waals surface area contributed by atoms with Crippen LogP contribution in [0.5, 0.6) is 0 Å². The third kappa shape index (κ3) is 6.04. The minimum absolute atomic E-state index is 0.250. The first kappa shape index (κ1) is 20.3. The standard InChI is InChI=1S/C22H30N2O2/c1-18(10-8-11-19(2)25)23-17-9-15-22(26,20-12-4-3-5-13-20)21-14-6-7-16-24-21/h3-7,12-14,16,18,23,26H,8-11,15,17H2,1-2H3. The molecule has 0 aliphatic carbocycles. The van der Waals surface area contributed by atoms with E-state index in [4.69, 9.17) is 0 Å². The molecule has 0 aliphatic rings. The first-order valence-electron chi connectivity index (χ1n) is 9.44. The summed E-state index contributed by atoms with van der Waals surface area (Å²) in [6.07, 6.45) is 5.71. The number of aliphatic hydroxyl groups is 1. The Hall–Kier alpha value is -2.04. The van der Waals surface area contributed by atoms with Gasteiger partial charge in [-0.1, -0.05) is 36.4 Å². The van der Waals surface area contributed by atoms with Gasteiger partial charge in [-0.25, -0.2) is 0 Å². The summed E-state index contributed by atoms with van der Waals surface area (Å²) < 4.78 is 0. The Morgan fingerprint density at radius 2 is 1.88 bits per heavy atom. The van der Waals surface area contributed by atoms with Gasteiger partial charge in [0.15, 0.2) is 0 Å². The predicted molar refractivity (Wildman–Crippen MR) is 105 cm³/mol. The third-order valence-corrected chi connectivity index (χ3v) is 4.71. The van der Waals surface area contributed by atoms with Crippen LogP contribution in [0, 0.1) is 0 Å². The van der Waals surface area contributed by atoms with E-state index in [0.717, 1.165) is 31.4 Å². The summed E-state index contributed by atoms with van der Waals surface area (Å²) in [5.41, 5.74) is 0.469. The molecule has 2 unspecified atom stereocenters. The largest absolute Gasteiger partial charge is 0.379 e. The molecule has 4 heteroatoms. The highest BCUT2D eigenvalue weighted by atomic mass is 16.3. The Labute approximate surface area is 156 Å². The lowest BCUT2D eigenvalue weighted by atomic mass is 9.85. The predicted octanol–water partition coefficient (Wildman–Crippen LogP) is 3.84. The number of Topliss-reactive ketones (excluding diaryl/α,β-unsaturated/α-hetero) is 1. The van der Waals surface area contributed by atoms with Gasteiger partial charge < -0.3 is 15.2 Å². The van der Waals surface area contributed by atoms with Crippen molar-refractivity contribution in [2.45, 2.75) is 57.6 Å². The van der Waals surface area contributed by atoms with Gasteiger partial charge in [0, 0.05) is 18.7 Å². The second-order valence-electron chi connectivity index (χ2n) is 6.99. The molecule has 0 amide bonds. The average Bonchev–Trinajstić information content (AvgIpc) is 2.66. The number of nitrogens with zero attached hydrogens (tertiary/aromatic N) is 1. The molecule has 0 fully saturated rings. The van der Waals surface area contributed by atoms with Crippen LogP contribution in [0.25, 0.3) is 0 Å². The molecule has 0 aliphatic heterocycles. The number of nitrogens with one attached hydrogen (secondary N) is 1. The quantitative estimate of drug-likeness (QED) is 0.602. The number of hydrogen-bond acceptors (Lipinski definition) is 4. The Morgan fingerprint density at radius 1 is 1.15 bits per heavy atom. The van der Waals surface area contributed by atoms with Crippen LogP contribution >= 0.6 is 0 Å². The molecule has 1 aromatic carbocycles. The van der Waals surface area contributed by atoms with Crippen molar-refractivity contribution in [3.05, 3.63) is 66.0 Å². The molecule has 0 spiro atoms. The minimum Gasteiger partial charge on any atom is -0.379 e. The molecule has 2 rings (SSSR count). The molecule has 2 aromatic rings. The van der Waals surface area contributed by atoms with E-state index in [1.165, 1.54) is 0 Å². The van der Waals surface area contributed by atoms with Crippen LogP contribution in [-0.2, 0) is 10.4 Å². The van der Waals surface area contributed by atoms with Crippen molar-refractivity contribution in [2.24, 2.45) is 0 Å². The molecule has 2 N–H and O–H groups in total. The van der Waals surface area contributed by atoms with Crippen molar-refractivity contribution >= 4 is 5.78 Å². The van der Waals surface area contributed by atoms with Crippen LogP contribution in [-0.4, -0.2) is 28.5 Å². The number of ketones is 1. The van der Waals surface area contributed by atoms with Gasteiger partial charge in [-0.15, -0.1) is 0 Å². The number of rotatable bonds is 11. The number of carbonyl (C=O) groups excluding carboxylic acids is 1. The first-order chi connectivity index (χ1) is 12.5. The van der Waals surface area contributed by atoms with E-state index < -0.39 is 5.60 Å². The van der Waals surface area contributed by atoms with E-state index in [-0.39, 0.29) is 5.78 Å². The zero-order valence-electron chi connectivity index (χ0n) is 15.8. The smallest absolute Gasteiger partial charge is 0.131 e. The van der Waals surface area contributed by atoms with Crippen LogP contribution in [0.3, 0.4) is 0 Å². The van der Waals surface area contributed by atoms with Crippen molar-refractivity contribution in [2.75, 3.05) is 6.54 Å². The van der Waals surface area contributed by atoms with E-state index in [1.807, 2.05) is 48.5 Å². The van der Waals surface area contributed by atoms with E-state index in [9.17, 15) is 9.90 Å². The van der Waals surface area contributed by atoms with Gasteiger partial charge in [-0.3, -0.25) is 4.98 Å². The summed E-state index contributed by atoms with van der Waals surface area (Å²) >= 11 is 0. The fourth-order valence-corrected chi connectivity index (χ4v) is 3.19. The maximum atomic E-state index is 11.4. The molecule has 0 bridgehead atoms. The molecule has 4 nitrogen and oxygen atoms in total. The van der Waals surface area contributed by atoms with Gasteiger partial charge in [-0.2, -0.15) is 0 Å². The summed E-state index contributed by atoms with van der Waals surface area (Å²) in [7, 11) is 0. The Kier molecular flexibility index (Phi) is 7.95. The zero-order valence-corrected chi connectivity index (χ0v) is 15.8. The maximum absolute atomic E-state index is 11.4. The SMILES string of the molecule is CC(=O)CCCC(C)NCCCC(O)(c1ccccc1)c1ccccn1. The Morgan fingerprint density at radius 3 is 2.54 bits per heavy atom. The first-order valence-corrected chi connectivity index (χ1v) is 9.44. The van der Waals surface area contributed by atoms with E-state index in [2.05, 4.69) is 17.2 Å². The zero-order chi connectivity index (χ0) is 18.8. The van der Waals surface area contributed by atoms with Gasteiger partial charge >= 0.3 is 0 Å². The third-order valence-electron chi connectivity index (χ3n) is 4.71. The monoisotopic (exact) mass is 354 g/mol. The summed E-state index contributed by atoms with van der Waals surface area (Å²) in [5.74, 6) is 0.250. The molecule has 26 heavy (non-hydrogen) atoms. The molecule has 140 valence electrons. The average molecular weight is 354 g/mol. The second-order valence-corrected chi connectivity index (χ2v) is 6.99. The minimum atomic E-state index is -1.08. The fourth-order valence-electron chi connectivity index (χ4n) is 3.19. The van der Waals surface area contributed by atoms with E-state index in [0.29, 0.717) is 24.6 Å². The number of pyridine rings is 1. The molecule has 0 radical (unpaired) electrons. The van der Waals surface area contributed by atoms with Gasteiger partial charge in [0.05, 0.1) is 5.69 Å². The van der Waals surface area contributed by atoms with Gasteiger partial charge in [0.25, 0.3) is 0 Å². The maximum Gasteiger partial charge on any atom is 0.131 e. The molecular formula is C22H30N2O2. The number of carbonyl (C=O) groups is 1. The van der Waals surface area contributed by atoms with Crippen molar-refractivity contribution in [3.8, 4) is 0 Å². The highest BCUT2D eigenvalue weighted by Gasteiger charge is 2.32. The number of hydrogen-bond donors (Lipinski definition) is 2. The lowest BCUT2D eigenvalue weighted by Crippen LogP contribution is -2.32. The normalized spacial score (nSPS) is 14.6. The Balaban J connectivity index is 1.91. The summed E-state index contributed by atoms with van der Waals surface area (Å²) in [6, 6.07) is 15.8. The van der Waals surface area contributed by atoms with Crippen molar-refractivity contribution in [3.63, 3.8) is 0 Å². The highest BCUT2D eigenvalue weighted by Crippen LogP contribution is 2.32. The fraction of sp³-hybridized carbons (Fsp3) is 0.455. The number of aromatic nitrogens is 1. The molecular weight excluding hydrogens is 324 g/mol. The summed E-state index contributed by atoms with van der Waals surface area (Å²) in [5, 5.41) is 14.9. The van der Waals surface area contributed by atoms with Crippen molar-refractivity contribution in [1.29, 1.82) is 0 Å². The molecule has 0 saturated heterocycles. The highest BCUT2D eigenvalue weighted by molar-refractivity contribution is 5.75. The van der Waals surface area contributed by atoms with Crippen LogP contribution < -0.4 is 5.32 Å². The van der Waals surface area contributed by atoms with Gasteiger partial charge in [-0.05, 0) is 63.8 Å². The van der Waals surface area contributed by atoms with Crippen LogP contribution in [0.2, 0.25) is 0 Å². The Bertz CT molecular complexity index is 619. The van der Waals surface area contributed by atoms with Crippen LogP contribution in [0.1, 0.15) is 57.2 Å². The topological polar surface area (TPSA) is 62.2 Å².